The fraction of sp³-hybridized carbons (Fsp3) is 0.697. The first-order valence-electron chi connectivity index (χ1n) is 15.4. The Kier molecular flexibility index (Phi) is 11.1. The van der Waals surface area contributed by atoms with E-state index in [9.17, 15) is 19.2 Å². The van der Waals surface area contributed by atoms with Crippen molar-refractivity contribution in [2.24, 2.45) is 23.7 Å². The van der Waals surface area contributed by atoms with Gasteiger partial charge >= 0.3 is 0 Å². The molecule has 4 atom stereocenters. The minimum absolute atomic E-state index is 0.000600. The van der Waals surface area contributed by atoms with Crippen molar-refractivity contribution in [1.29, 1.82) is 0 Å². The van der Waals surface area contributed by atoms with E-state index in [-0.39, 0.29) is 36.1 Å². The fourth-order valence-electron chi connectivity index (χ4n) is 6.35. The lowest BCUT2D eigenvalue weighted by Gasteiger charge is -2.25. The molecule has 41 heavy (non-hydrogen) atoms. The van der Waals surface area contributed by atoms with E-state index in [1.165, 1.54) is 0 Å². The van der Waals surface area contributed by atoms with E-state index in [1.54, 1.807) is 21.0 Å². The molecular formula is C33H47NO7. The predicted molar refractivity (Wildman–Crippen MR) is 155 cm³/mol. The molecule has 0 radical (unpaired) electrons. The van der Waals surface area contributed by atoms with Crippen molar-refractivity contribution in [3.63, 3.8) is 0 Å². The molecule has 1 aliphatic carbocycles. The SMILES string of the molecule is COc1ccc(C[C@H](NC(=O)[C@@H](C)CC(=O)CC2CCOCC2)C(=O)C[C@@H](CC2CCCC2)C(=O)[C@@]2(C)CO2)cc1. The highest BCUT2D eigenvalue weighted by Gasteiger charge is 2.50. The first-order valence-corrected chi connectivity index (χ1v) is 15.4. The summed E-state index contributed by atoms with van der Waals surface area (Å²) < 4.78 is 16.1. The molecular weight excluding hydrogens is 522 g/mol. The monoisotopic (exact) mass is 569 g/mol. The van der Waals surface area contributed by atoms with Crippen molar-refractivity contribution in [1.82, 2.24) is 5.32 Å². The van der Waals surface area contributed by atoms with Gasteiger partial charge in [-0.15, -0.1) is 0 Å². The molecule has 0 aromatic heterocycles. The van der Waals surface area contributed by atoms with E-state index in [0.717, 1.165) is 44.1 Å². The van der Waals surface area contributed by atoms with Crippen molar-refractivity contribution >= 4 is 23.3 Å². The van der Waals surface area contributed by atoms with Gasteiger partial charge in [-0.3, -0.25) is 19.2 Å². The van der Waals surface area contributed by atoms with E-state index in [4.69, 9.17) is 14.2 Å². The summed E-state index contributed by atoms with van der Waals surface area (Å²) in [6.07, 6.45) is 7.90. The molecule has 8 nitrogen and oxygen atoms in total. The summed E-state index contributed by atoms with van der Waals surface area (Å²) >= 11 is 0. The van der Waals surface area contributed by atoms with Crippen LogP contribution in [0.15, 0.2) is 24.3 Å². The molecule has 1 amide bonds. The maximum atomic E-state index is 13.8. The molecule has 2 heterocycles. The van der Waals surface area contributed by atoms with E-state index in [2.05, 4.69) is 5.32 Å². The molecule has 1 saturated carbocycles. The average molecular weight is 570 g/mol. The molecule has 2 aliphatic heterocycles. The van der Waals surface area contributed by atoms with Crippen LogP contribution >= 0.6 is 0 Å². The highest BCUT2D eigenvalue weighted by atomic mass is 16.6. The average Bonchev–Trinajstić information content (AvgIpc) is 3.51. The third-order valence-corrected chi connectivity index (χ3v) is 9.15. The smallest absolute Gasteiger partial charge is 0.223 e. The maximum Gasteiger partial charge on any atom is 0.223 e. The number of ketones is 3. The van der Waals surface area contributed by atoms with Gasteiger partial charge in [-0.1, -0.05) is 44.7 Å². The van der Waals surface area contributed by atoms with Crippen LogP contribution in [0.1, 0.15) is 83.6 Å². The molecule has 3 fully saturated rings. The van der Waals surface area contributed by atoms with Gasteiger partial charge in [-0.2, -0.15) is 0 Å². The molecule has 8 heteroatoms. The molecule has 3 aliphatic rings. The van der Waals surface area contributed by atoms with E-state index in [0.29, 0.717) is 56.7 Å². The first-order chi connectivity index (χ1) is 19.7. The summed E-state index contributed by atoms with van der Waals surface area (Å²) in [6.45, 7) is 5.30. The van der Waals surface area contributed by atoms with Gasteiger partial charge in [0.25, 0.3) is 0 Å². The van der Waals surface area contributed by atoms with Gasteiger partial charge in [0.1, 0.15) is 17.1 Å². The zero-order valence-electron chi connectivity index (χ0n) is 25.0. The highest BCUT2D eigenvalue weighted by molar-refractivity contribution is 5.97. The third-order valence-electron chi connectivity index (χ3n) is 9.15. The Balaban J connectivity index is 1.43. The van der Waals surface area contributed by atoms with Crippen LogP contribution in [-0.2, 0) is 35.1 Å². The van der Waals surface area contributed by atoms with Crippen LogP contribution in [0, 0.1) is 23.7 Å². The van der Waals surface area contributed by atoms with Crippen molar-refractivity contribution in [3.05, 3.63) is 29.8 Å². The Labute approximate surface area is 244 Å². The van der Waals surface area contributed by atoms with Gasteiger partial charge in [0.2, 0.25) is 5.91 Å². The van der Waals surface area contributed by atoms with Crippen molar-refractivity contribution in [2.45, 2.75) is 96.1 Å². The Morgan fingerprint density at radius 3 is 2.27 bits per heavy atom. The van der Waals surface area contributed by atoms with Gasteiger partial charge in [0.15, 0.2) is 11.6 Å². The van der Waals surface area contributed by atoms with Crippen molar-refractivity contribution < 1.29 is 33.4 Å². The van der Waals surface area contributed by atoms with Crippen LogP contribution in [0.25, 0.3) is 0 Å². The number of carbonyl (C=O) groups excluding carboxylic acids is 4. The Morgan fingerprint density at radius 1 is 1.00 bits per heavy atom. The number of hydrogen-bond acceptors (Lipinski definition) is 7. The van der Waals surface area contributed by atoms with E-state index in [1.807, 2.05) is 24.3 Å². The molecule has 0 spiro atoms. The van der Waals surface area contributed by atoms with Crippen LogP contribution in [0.4, 0.5) is 0 Å². The summed E-state index contributed by atoms with van der Waals surface area (Å²) in [6, 6.07) is 6.62. The second-order valence-electron chi connectivity index (χ2n) is 12.7. The summed E-state index contributed by atoms with van der Waals surface area (Å²) in [5.74, 6) is 0.0750. The minimum Gasteiger partial charge on any atom is -0.497 e. The third kappa shape index (κ3) is 9.20. The van der Waals surface area contributed by atoms with E-state index < -0.39 is 23.5 Å². The number of carbonyl (C=O) groups is 4. The number of ether oxygens (including phenoxy) is 3. The maximum absolute atomic E-state index is 13.8. The van der Waals surface area contributed by atoms with Gasteiger partial charge in [0, 0.05) is 44.3 Å². The van der Waals surface area contributed by atoms with E-state index >= 15 is 0 Å². The zero-order valence-corrected chi connectivity index (χ0v) is 25.0. The lowest BCUT2D eigenvalue weighted by atomic mass is 9.81. The van der Waals surface area contributed by atoms with Gasteiger partial charge in [-0.25, -0.2) is 0 Å². The highest BCUT2D eigenvalue weighted by Crippen LogP contribution is 2.37. The minimum atomic E-state index is -0.796. The Morgan fingerprint density at radius 2 is 1.66 bits per heavy atom. The molecule has 226 valence electrons. The lowest BCUT2D eigenvalue weighted by molar-refractivity contribution is -0.134. The second-order valence-corrected chi connectivity index (χ2v) is 12.7. The fourth-order valence-corrected chi connectivity index (χ4v) is 6.35. The number of methoxy groups -OCH3 is 1. The number of nitrogens with one attached hydrogen (secondary N) is 1. The molecule has 2 saturated heterocycles. The normalized spacial score (nSPS) is 23.4. The molecule has 4 rings (SSSR count). The van der Waals surface area contributed by atoms with Crippen molar-refractivity contribution in [2.75, 3.05) is 26.9 Å². The van der Waals surface area contributed by atoms with Crippen LogP contribution in [0.5, 0.6) is 5.75 Å². The van der Waals surface area contributed by atoms with Crippen LogP contribution < -0.4 is 10.1 Å². The van der Waals surface area contributed by atoms with Crippen molar-refractivity contribution in [3.8, 4) is 5.75 Å². The van der Waals surface area contributed by atoms with Crippen LogP contribution in [0.2, 0.25) is 0 Å². The second kappa shape index (κ2) is 14.5. The largest absolute Gasteiger partial charge is 0.497 e. The lowest BCUT2D eigenvalue weighted by Crippen LogP contribution is -2.46. The summed E-state index contributed by atoms with van der Waals surface area (Å²) in [5.41, 5.74) is 0.0845. The quantitative estimate of drug-likeness (QED) is 0.289. The number of hydrogen-bond donors (Lipinski definition) is 1. The summed E-state index contributed by atoms with van der Waals surface area (Å²) in [4.78, 5) is 53.3. The van der Waals surface area contributed by atoms with Gasteiger partial charge < -0.3 is 19.5 Å². The standard InChI is InChI=1S/C33H47NO7/c1-22(16-27(35)18-25-12-14-40-15-13-25)32(38)34-29(19-24-8-10-28(39-3)11-9-24)30(36)20-26(17-23-6-4-5-7-23)31(37)33(2)21-41-33/h8-11,22-23,25-26,29H,4-7,12-21H2,1-3H3,(H,34,38)/t22-,26+,29-,33+/m0/s1. The summed E-state index contributed by atoms with van der Waals surface area (Å²) in [5, 5.41) is 2.96. The Hall–Kier alpha value is -2.58. The topological polar surface area (TPSA) is 111 Å². The van der Waals surface area contributed by atoms with Gasteiger partial charge in [0.05, 0.1) is 19.8 Å². The van der Waals surface area contributed by atoms with Crippen LogP contribution in [0.3, 0.4) is 0 Å². The molecule has 1 aromatic rings. The van der Waals surface area contributed by atoms with Crippen LogP contribution in [-0.4, -0.2) is 61.8 Å². The number of rotatable bonds is 16. The number of epoxide rings is 1. The zero-order chi connectivity index (χ0) is 29.4. The molecule has 1 aromatic carbocycles. The molecule has 0 bridgehead atoms. The molecule has 0 unspecified atom stereocenters. The Bertz CT molecular complexity index is 1050. The summed E-state index contributed by atoms with van der Waals surface area (Å²) in [7, 11) is 1.60. The molecule has 1 N–H and O–H groups in total. The number of benzene rings is 1. The number of amides is 1. The number of Topliss-reactive ketones (excluding diaryl/α,β-unsaturated/α-hetero) is 3. The first kappa shape index (κ1) is 31.4. The van der Waals surface area contributed by atoms with Gasteiger partial charge in [-0.05, 0) is 62.1 Å². The predicted octanol–water partition coefficient (Wildman–Crippen LogP) is 4.65.